The van der Waals surface area contributed by atoms with E-state index < -0.39 is 17.9 Å². The van der Waals surface area contributed by atoms with E-state index in [1.807, 2.05) is 13.0 Å². The van der Waals surface area contributed by atoms with Gasteiger partial charge in [-0.15, -0.1) is 0 Å². The van der Waals surface area contributed by atoms with Crippen LogP contribution >= 0.6 is 11.6 Å². The molecule has 21 heavy (non-hydrogen) atoms. The summed E-state index contributed by atoms with van der Waals surface area (Å²) in [4.78, 5) is 24.5. The molecule has 1 atom stereocenters. The van der Waals surface area contributed by atoms with Crippen LogP contribution < -0.4 is 4.74 Å². The van der Waals surface area contributed by atoms with Crippen molar-refractivity contribution in [3.8, 4) is 5.75 Å². The minimum Gasteiger partial charge on any atom is -0.482 e. The Bertz CT molecular complexity index is 548. The molecule has 0 saturated carbocycles. The fourth-order valence-electron chi connectivity index (χ4n) is 2.05. The van der Waals surface area contributed by atoms with Crippen LogP contribution in [-0.2, 0) is 14.3 Å². The van der Waals surface area contributed by atoms with Crippen molar-refractivity contribution in [3.05, 3.63) is 28.8 Å². The van der Waals surface area contributed by atoms with Crippen molar-refractivity contribution in [2.24, 2.45) is 0 Å². The number of halogens is 1. The largest absolute Gasteiger partial charge is 0.482 e. The van der Waals surface area contributed by atoms with Crippen molar-refractivity contribution < 1.29 is 24.2 Å². The Hall–Kier alpha value is -1.79. The number of amides is 1. The summed E-state index contributed by atoms with van der Waals surface area (Å²) in [5.41, 5.74) is 0.955. The molecule has 1 heterocycles. The molecule has 1 aliphatic heterocycles. The Morgan fingerprint density at radius 2 is 2.29 bits per heavy atom. The third-order valence-electron chi connectivity index (χ3n) is 3.17. The molecule has 0 aromatic heterocycles. The number of nitrogens with zero attached hydrogens (tertiary/aromatic N) is 1. The molecule has 1 aromatic rings. The zero-order valence-corrected chi connectivity index (χ0v) is 12.3. The molecule has 6 nitrogen and oxygen atoms in total. The predicted molar refractivity (Wildman–Crippen MR) is 75.6 cm³/mol. The van der Waals surface area contributed by atoms with Crippen LogP contribution in [0.3, 0.4) is 0 Å². The first-order valence-corrected chi connectivity index (χ1v) is 6.86. The van der Waals surface area contributed by atoms with E-state index in [1.54, 1.807) is 12.1 Å². The molecule has 114 valence electrons. The van der Waals surface area contributed by atoms with Crippen LogP contribution in [0.5, 0.6) is 5.75 Å². The fourth-order valence-corrected chi connectivity index (χ4v) is 2.22. The zero-order valence-electron chi connectivity index (χ0n) is 11.5. The number of hydrogen-bond donors (Lipinski definition) is 1. The molecule has 0 spiro atoms. The molecule has 1 N–H and O–H groups in total. The van der Waals surface area contributed by atoms with Crippen LogP contribution in [0.4, 0.5) is 0 Å². The van der Waals surface area contributed by atoms with Crippen LogP contribution in [0.25, 0.3) is 0 Å². The van der Waals surface area contributed by atoms with Gasteiger partial charge in [0, 0.05) is 6.54 Å². The Balaban J connectivity index is 2.00. The lowest BCUT2D eigenvalue weighted by Gasteiger charge is -2.32. The second kappa shape index (κ2) is 6.78. The Kier molecular flexibility index (Phi) is 5.03. The molecule has 1 amide bonds. The van der Waals surface area contributed by atoms with E-state index in [0.29, 0.717) is 17.4 Å². The molecule has 1 saturated heterocycles. The summed E-state index contributed by atoms with van der Waals surface area (Å²) in [7, 11) is 0. The highest BCUT2D eigenvalue weighted by Gasteiger charge is 2.32. The summed E-state index contributed by atoms with van der Waals surface area (Å²) < 4.78 is 10.5. The first-order chi connectivity index (χ1) is 9.99. The average Bonchev–Trinajstić information content (AvgIpc) is 2.47. The van der Waals surface area contributed by atoms with E-state index in [9.17, 15) is 9.59 Å². The van der Waals surface area contributed by atoms with Gasteiger partial charge in [0.15, 0.2) is 12.6 Å². The maximum Gasteiger partial charge on any atom is 0.328 e. The number of hydrogen-bond acceptors (Lipinski definition) is 4. The minimum atomic E-state index is -1.09. The normalized spacial score (nSPS) is 18.4. The molecule has 7 heteroatoms. The average molecular weight is 314 g/mol. The highest BCUT2D eigenvalue weighted by Crippen LogP contribution is 2.25. The number of carboxylic acids is 1. The smallest absolute Gasteiger partial charge is 0.328 e. The lowest BCUT2D eigenvalue weighted by Crippen LogP contribution is -2.53. The number of rotatable bonds is 4. The molecular weight excluding hydrogens is 298 g/mol. The molecule has 0 radical (unpaired) electrons. The van der Waals surface area contributed by atoms with Crippen molar-refractivity contribution in [2.45, 2.75) is 13.0 Å². The van der Waals surface area contributed by atoms with Crippen molar-refractivity contribution >= 4 is 23.5 Å². The van der Waals surface area contributed by atoms with E-state index in [1.165, 1.54) is 4.90 Å². The van der Waals surface area contributed by atoms with Gasteiger partial charge in [-0.1, -0.05) is 17.7 Å². The third-order valence-corrected chi connectivity index (χ3v) is 3.48. The van der Waals surface area contributed by atoms with Crippen LogP contribution in [0, 0.1) is 6.92 Å². The van der Waals surface area contributed by atoms with E-state index in [0.717, 1.165) is 5.56 Å². The number of aryl methyl sites for hydroxylation is 1. The summed E-state index contributed by atoms with van der Waals surface area (Å²) in [5, 5.41) is 9.50. The molecule has 0 aliphatic carbocycles. The van der Waals surface area contributed by atoms with E-state index in [-0.39, 0.29) is 19.8 Å². The predicted octanol–water partition coefficient (Wildman–Crippen LogP) is 1.34. The molecule has 1 unspecified atom stereocenters. The molecule has 0 bridgehead atoms. The van der Waals surface area contributed by atoms with Gasteiger partial charge in [-0.2, -0.15) is 0 Å². The van der Waals surface area contributed by atoms with E-state index in [2.05, 4.69) is 0 Å². The number of benzene rings is 1. The Morgan fingerprint density at radius 3 is 3.00 bits per heavy atom. The van der Waals surface area contributed by atoms with Crippen molar-refractivity contribution in [1.82, 2.24) is 4.90 Å². The summed E-state index contributed by atoms with van der Waals surface area (Å²) >= 11 is 5.98. The van der Waals surface area contributed by atoms with Gasteiger partial charge in [-0.05, 0) is 24.6 Å². The highest BCUT2D eigenvalue weighted by atomic mass is 35.5. The Labute approximate surface area is 127 Å². The summed E-state index contributed by atoms with van der Waals surface area (Å²) in [6.07, 6.45) is 0. The zero-order chi connectivity index (χ0) is 15.4. The van der Waals surface area contributed by atoms with Crippen LogP contribution in [0.15, 0.2) is 18.2 Å². The van der Waals surface area contributed by atoms with Gasteiger partial charge < -0.3 is 19.5 Å². The molecule has 1 aromatic carbocycles. The van der Waals surface area contributed by atoms with Crippen LogP contribution in [0.2, 0.25) is 5.02 Å². The molecule has 1 aliphatic rings. The van der Waals surface area contributed by atoms with E-state index >= 15 is 0 Å². The van der Waals surface area contributed by atoms with Gasteiger partial charge in [0.25, 0.3) is 5.91 Å². The topological polar surface area (TPSA) is 76.1 Å². The summed E-state index contributed by atoms with van der Waals surface area (Å²) in [6.45, 7) is 2.17. The number of carbonyl (C=O) groups excluding carboxylic acids is 1. The summed E-state index contributed by atoms with van der Waals surface area (Å²) in [5.74, 6) is -1.08. The maximum absolute atomic E-state index is 12.1. The Morgan fingerprint density at radius 1 is 1.52 bits per heavy atom. The van der Waals surface area contributed by atoms with Gasteiger partial charge >= 0.3 is 5.97 Å². The SMILES string of the molecule is Cc1ccc(Cl)c(OCC(=O)N2CCOCC2C(=O)O)c1. The monoisotopic (exact) mass is 313 g/mol. The second-order valence-electron chi connectivity index (χ2n) is 4.74. The number of carboxylic acid groups (broad SMARTS) is 1. The van der Waals surface area contributed by atoms with Gasteiger partial charge in [0.05, 0.1) is 18.2 Å². The molecule has 2 rings (SSSR count). The lowest BCUT2D eigenvalue weighted by molar-refractivity contribution is -0.159. The molecular formula is C14H16ClNO5. The number of ether oxygens (including phenoxy) is 2. The number of morpholine rings is 1. The third kappa shape index (κ3) is 3.86. The van der Waals surface area contributed by atoms with Crippen molar-refractivity contribution in [2.75, 3.05) is 26.4 Å². The van der Waals surface area contributed by atoms with Gasteiger partial charge in [-0.25, -0.2) is 4.79 Å². The van der Waals surface area contributed by atoms with Crippen molar-refractivity contribution in [3.63, 3.8) is 0 Å². The number of aliphatic carboxylic acids is 1. The second-order valence-corrected chi connectivity index (χ2v) is 5.15. The standard InChI is InChI=1S/C14H16ClNO5/c1-9-2-3-10(15)12(6-9)21-8-13(17)16-4-5-20-7-11(16)14(18)19/h2-3,6,11H,4-5,7-8H2,1H3,(H,18,19). The quantitative estimate of drug-likeness (QED) is 0.908. The minimum absolute atomic E-state index is 0.00766. The maximum atomic E-state index is 12.1. The van der Waals surface area contributed by atoms with Crippen LogP contribution in [0.1, 0.15) is 5.56 Å². The van der Waals surface area contributed by atoms with Gasteiger partial charge in [0.2, 0.25) is 0 Å². The highest BCUT2D eigenvalue weighted by molar-refractivity contribution is 6.32. The van der Waals surface area contributed by atoms with E-state index in [4.69, 9.17) is 26.2 Å². The first-order valence-electron chi connectivity index (χ1n) is 6.48. The van der Waals surface area contributed by atoms with Crippen LogP contribution in [-0.4, -0.2) is 54.3 Å². The summed E-state index contributed by atoms with van der Waals surface area (Å²) in [6, 6.07) is 4.27. The molecule has 1 fully saturated rings. The van der Waals surface area contributed by atoms with Gasteiger partial charge in [0.1, 0.15) is 5.75 Å². The lowest BCUT2D eigenvalue weighted by atomic mass is 10.2. The number of carbonyl (C=O) groups is 2. The van der Waals surface area contributed by atoms with Crippen molar-refractivity contribution in [1.29, 1.82) is 0 Å². The first kappa shape index (κ1) is 15.6. The van der Waals surface area contributed by atoms with Gasteiger partial charge in [-0.3, -0.25) is 4.79 Å². The fraction of sp³-hybridized carbons (Fsp3) is 0.429.